The molecule has 0 fully saturated rings. The third-order valence-electron chi connectivity index (χ3n) is 1.30. The van der Waals surface area contributed by atoms with Crippen LogP contribution in [0.15, 0.2) is 18.2 Å². The van der Waals surface area contributed by atoms with Gasteiger partial charge in [-0.05, 0) is 12.1 Å². The summed E-state index contributed by atoms with van der Waals surface area (Å²) in [5.41, 5.74) is 1.61. The number of hydroxylamine groups is 1. The summed E-state index contributed by atoms with van der Waals surface area (Å²) >= 11 is 11.3. The van der Waals surface area contributed by atoms with Crippen LogP contribution < -0.4 is 5.48 Å². The van der Waals surface area contributed by atoms with Crippen molar-refractivity contribution in [2.24, 2.45) is 0 Å². The molecule has 0 saturated heterocycles. The summed E-state index contributed by atoms with van der Waals surface area (Å²) in [5, 5.41) is 8.71. The Balaban J connectivity index is 3.16. The van der Waals surface area contributed by atoms with Crippen LogP contribution in [0.3, 0.4) is 0 Å². The average Bonchev–Trinajstić information content (AvgIpc) is 2.08. The lowest BCUT2D eigenvalue weighted by Crippen LogP contribution is -2.18. The van der Waals surface area contributed by atoms with Gasteiger partial charge in [0.25, 0.3) is 5.91 Å². The van der Waals surface area contributed by atoms with E-state index in [9.17, 15) is 4.79 Å². The summed E-state index contributed by atoms with van der Waals surface area (Å²) in [6, 6.07) is 4.58. The maximum absolute atomic E-state index is 10.9. The first-order valence-corrected chi connectivity index (χ1v) is 3.81. The molecule has 0 aliphatic rings. The van der Waals surface area contributed by atoms with E-state index in [0.717, 1.165) is 0 Å². The first-order valence-electron chi connectivity index (χ1n) is 3.05. The van der Waals surface area contributed by atoms with Gasteiger partial charge in [0.1, 0.15) is 0 Å². The summed E-state index contributed by atoms with van der Waals surface area (Å²) in [5.74, 6) is -0.678. The normalized spacial score (nSPS) is 9.58. The van der Waals surface area contributed by atoms with E-state index in [4.69, 9.17) is 28.4 Å². The van der Waals surface area contributed by atoms with Gasteiger partial charge < -0.3 is 0 Å². The number of hydrogen-bond acceptors (Lipinski definition) is 2. The molecule has 0 aromatic heterocycles. The average molecular weight is 206 g/mol. The second-order valence-corrected chi connectivity index (χ2v) is 2.83. The van der Waals surface area contributed by atoms with E-state index in [2.05, 4.69) is 0 Å². The summed E-state index contributed by atoms with van der Waals surface area (Å²) < 4.78 is 0. The molecular weight excluding hydrogens is 201 g/mol. The molecule has 0 saturated carbocycles. The van der Waals surface area contributed by atoms with Gasteiger partial charge >= 0.3 is 0 Å². The van der Waals surface area contributed by atoms with E-state index >= 15 is 0 Å². The van der Waals surface area contributed by atoms with Crippen LogP contribution in [0.5, 0.6) is 0 Å². The third-order valence-corrected chi connectivity index (χ3v) is 2.12. The number of benzene rings is 1. The minimum absolute atomic E-state index is 0.130. The van der Waals surface area contributed by atoms with Crippen LogP contribution in [-0.2, 0) is 0 Å². The van der Waals surface area contributed by atoms with Crippen molar-refractivity contribution in [2.45, 2.75) is 0 Å². The zero-order valence-electron chi connectivity index (χ0n) is 5.84. The van der Waals surface area contributed by atoms with Crippen molar-refractivity contribution >= 4 is 29.1 Å². The Morgan fingerprint density at radius 3 is 2.67 bits per heavy atom. The lowest BCUT2D eigenvalue weighted by atomic mass is 10.2. The molecule has 1 aromatic carbocycles. The van der Waals surface area contributed by atoms with Crippen LogP contribution in [0.25, 0.3) is 0 Å². The van der Waals surface area contributed by atoms with Crippen LogP contribution >= 0.6 is 23.2 Å². The molecule has 1 rings (SSSR count). The van der Waals surface area contributed by atoms with Crippen LogP contribution in [0, 0.1) is 0 Å². The van der Waals surface area contributed by atoms with Gasteiger partial charge in [-0.2, -0.15) is 0 Å². The second-order valence-electron chi connectivity index (χ2n) is 2.04. The van der Waals surface area contributed by atoms with E-state index in [0.29, 0.717) is 0 Å². The number of hydrogen-bond donors (Lipinski definition) is 2. The Labute approximate surface area is 78.9 Å². The van der Waals surface area contributed by atoms with Gasteiger partial charge in [0, 0.05) is 0 Å². The molecule has 0 aliphatic carbocycles. The highest BCUT2D eigenvalue weighted by atomic mass is 35.5. The van der Waals surface area contributed by atoms with Gasteiger partial charge in [-0.25, -0.2) is 5.48 Å². The SMILES string of the molecule is O=C(NO)c1cccc(Cl)c1Cl. The minimum atomic E-state index is -0.678. The number of carbonyl (C=O) groups excluding carboxylic acids is 1. The predicted octanol–water partition coefficient (Wildman–Crippen LogP) is 2.11. The molecule has 0 atom stereocenters. The highest BCUT2D eigenvalue weighted by Crippen LogP contribution is 2.25. The van der Waals surface area contributed by atoms with Crippen molar-refractivity contribution in [1.29, 1.82) is 0 Å². The van der Waals surface area contributed by atoms with Crippen molar-refractivity contribution < 1.29 is 10.0 Å². The van der Waals surface area contributed by atoms with Crippen molar-refractivity contribution in [3.8, 4) is 0 Å². The van der Waals surface area contributed by atoms with Gasteiger partial charge in [-0.15, -0.1) is 0 Å². The lowest BCUT2D eigenvalue weighted by molar-refractivity contribution is 0.0706. The third kappa shape index (κ3) is 1.69. The van der Waals surface area contributed by atoms with Gasteiger partial charge in [-0.3, -0.25) is 10.0 Å². The number of carbonyl (C=O) groups is 1. The van der Waals surface area contributed by atoms with Gasteiger partial charge in [0.15, 0.2) is 0 Å². The summed E-state index contributed by atoms with van der Waals surface area (Å²) in [4.78, 5) is 10.9. The molecule has 0 bridgehead atoms. The Morgan fingerprint density at radius 2 is 2.08 bits per heavy atom. The standard InChI is InChI=1S/C7H5Cl2NO2/c8-5-3-1-2-4(6(5)9)7(11)10-12/h1-3,12H,(H,10,11). The fraction of sp³-hybridized carbons (Fsp3) is 0. The van der Waals surface area contributed by atoms with Crippen LogP contribution in [0.1, 0.15) is 10.4 Å². The highest BCUT2D eigenvalue weighted by Gasteiger charge is 2.10. The summed E-state index contributed by atoms with van der Waals surface area (Å²) in [7, 11) is 0. The molecule has 0 aliphatic heterocycles. The number of nitrogens with one attached hydrogen (secondary N) is 1. The molecule has 1 aromatic rings. The Kier molecular flexibility index (Phi) is 2.92. The highest BCUT2D eigenvalue weighted by molar-refractivity contribution is 6.43. The quantitative estimate of drug-likeness (QED) is 0.546. The number of halogens is 2. The summed E-state index contributed by atoms with van der Waals surface area (Å²) in [6.07, 6.45) is 0. The number of amides is 1. The molecule has 1 amide bonds. The van der Waals surface area contributed by atoms with Gasteiger partial charge in [0.05, 0.1) is 15.6 Å². The van der Waals surface area contributed by atoms with Crippen molar-refractivity contribution in [3.05, 3.63) is 33.8 Å². The van der Waals surface area contributed by atoms with Crippen LogP contribution in [-0.4, -0.2) is 11.1 Å². The first-order chi connectivity index (χ1) is 5.66. The maximum atomic E-state index is 10.9. The smallest absolute Gasteiger partial charge is 0.276 e. The lowest BCUT2D eigenvalue weighted by Gasteiger charge is -2.01. The van der Waals surface area contributed by atoms with Crippen LogP contribution in [0.2, 0.25) is 10.0 Å². The topological polar surface area (TPSA) is 49.3 Å². The Morgan fingerprint density at radius 1 is 1.42 bits per heavy atom. The summed E-state index contributed by atoms with van der Waals surface area (Å²) in [6.45, 7) is 0. The monoisotopic (exact) mass is 205 g/mol. The van der Waals surface area contributed by atoms with E-state index in [1.54, 1.807) is 12.1 Å². The van der Waals surface area contributed by atoms with E-state index in [-0.39, 0.29) is 15.6 Å². The fourth-order valence-electron chi connectivity index (χ4n) is 0.739. The van der Waals surface area contributed by atoms with Gasteiger partial charge in [0.2, 0.25) is 0 Å². The van der Waals surface area contributed by atoms with Gasteiger partial charge in [-0.1, -0.05) is 29.3 Å². The molecule has 5 heteroatoms. The van der Waals surface area contributed by atoms with Crippen molar-refractivity contribution in [1.82, 2.24) is 5.48 Å². The van der Waals surface area contributed by atoms with E-state index < -0.39 is 5.91 Å². The van der Waals surface area contributed by atoms with Crippen molar-refractivity contribution in [3.63, 3.8) is 0 Å². The fourth-order valence-corrected chi connectivity index (χ4v) is 1.13. The second kappa shape index (κ2) is 3.76. The molecular formula is C7H5Cl2NO2. The van der Waals surface area contributed by atoms with E-state index in [1.165, 1.54) is 11.5 Å². The molecule has 0 unspecified atom stereocenters. The molecule has 0 heterocycles. The maximum Gasteiger partial charge on any atom is 0.276 e. The zero-order chi connectivity index (χ0) is 9.14. The minimum Gasteiger partial charge on any atom is -0.288 e. The molecule has 3 nitrogen and oxygen atoms in total. The molecule has 0 spiro atoms. The molecule has 64 valence electrons. The molecule has 2 N–H and O–H groups in total. The van der Waals surface area contributed by atoms with Crippen LogP contribution in [0.4, 0.5) is 0 Å². The zero-order valence-corrected chi connectivity index (χ0v) is 7.36. The Hall–Kier alpha value is -0.770. The Bertz CT molecular complexity index is 314. The van der Waals surface area contributed by atoms with E-state index in [1.807, 2.05) is 0 Å². The predicted molar refractivity (Wildman–Crippen MR) is 45.7 cm³/mol. The number of rotatable bonds is 1. The molecule has 0 radical (unpaired) electrons. The first kappa shape index (κ1) is 9.32. The van der Waals surface area contributed by atoms with Crippen molar-refractivity contribution in [2.75, 3.05) is 0 Å². The molecule has 12 heavy (non-hydrogen) atoms. The largest absolute Gasteiger partial charge is 0.288 e.